The van der Waals surface area contributed by atoms with E-state index in [0.717, 1.165) is 16.9 Å². The first kappa shape index (κ1) is 21.3. The lowest BCUT2D eigenvalue weighted by atomic mass is 10.1. The van der Waals surface area contributed by atoms with Crippen molar-refractivity contribution < 1.29 is 23.7 Å². The van der Waals surface area contributed by atoms with Gasteiger partial charge >= 0.3 is 0 Å². The molecule has 2 heterocycles. The van der Waals surface area contributed by atoms with Crippen LogP contribution in [-0.2, 0) is 6.54 Å². The Morgan fingerprint density at radius 1 is 0.912 bits per heavy atom. The summed E-state index contributed by atoms with van der Waals surface area (Å²) in [7, 11) is 1.61. The van der Waals surface area contributed by atoms with Gasteiger partial charge in [0.15, 0.2) is 11.5 Å². The second-order valence-electron chi connectivity index (χ2n) is 7.47. The number of carbonyl (C=O) groups is 1. The molecule has 0 fully saturated rings. The van der Waals surface area contributed by atoms with Gasteiger partial charge in [-0.25, -0.2) is 9.97 Å². The highest BCUT2D eigenvalue weighted by atomic mass is 16.7. The summed E-state index contributed by atoms with van der Waals surface area (Å²) < 4.78 is 21.7. The van der Waals surface area contributed by atoms with E-state index in [4.69, 9.17) is 18.9 Å². The number of benzene rings is 3. The van der Waals surface area contributed by atoms with Crippen molar-refractivity contribution >= 4 is 5.91 Å². The summed E-state index contributed by atoms with van der Waals surface area (Å²) in [4.78, 5) is 21.1. The first-order valence-corrected chi connectivity index (χ1v) is 10.6. The van der Waals surface area contributed by atoms with Crippen molar-refractivity contribution in [1.82, 2.24) is 15.3 Å². The van der Waals surface area contributed by atoms with Crippen LogP contribution in [-0.4, -0.2) is 29.8 Å². The zero-order chi connectivity index (χ0) is 23.3. The number of ether oxygens (including phenoxy) is 4. The van der Waals surface area contributed by atoms with Crippen molar-refractivity contribution in [3.63, 3.8) is 0 Å². The molecule has 4 aromatic rings. The Labute approximate surface area is 196 Å². The molecule has 170 valence electrons. The Kier molecular flexibility index (Phi) is 5.94. The van der Waals surface area contributed by atoms with Crippen molar-refractivity contribution in [1.29, 1.82) is 0 Å². The smallest absolute Gasteiger partial charge is 0.251 e. The van der Waals surface area contributed by atoms with Crippen molar-refractivity contribution in [3.8, 4) is 40.1 Å². The quantitative estimate of drug-likeness (QED) is 0.435. The van der Waals surface area contributed by atoms with Crippen molar-refractivity contribution in [2.45, 2.75) is 6.54 Å². The fourth-order valence-corrected chi connectivity index (χ4v) is 3.45. The molecule has 8 nitrogen and oxygen atoms in total. The molecular weight excluding hydrogens is 434 g/mol. The molecule has 0 aliphatic carbocycles. The Morgan fingerprint density at radius 2 is 1.68 bits per heavy atom. The van der Waals surface area contributed by atoms with Gasteiger partial charge in [0.1, 0.15) is 17.8 Å². The monoisotopic (exact) mass is 455 g/mol. The minimum absolute atomic E-state index is 0.171. The predicted molar refractivity (Wildman–Crippen MR) is 124 cm³/mol. The van der Waals surface area contributed by atoms with Crippen LogP contribution in [0.15, 0.2) is 79.1 Å². The Morgan fingerprint density at radius 3 is 2.47 bits per heavy atom. The zero-order valence-electron chi connectivity index (χ0n) is 18.4. The number of methoxy groups -OCH3 is 1. The summed E-state index contributed by atoms with van der Waals surface area (Å²) in [5.41, 5.74) is 3.01. The minimum atomic E-state index is -0.171. The van der Waals surface area contributed by atoms with Gasteiger partial charge in [0.25, 0.3) is 5.91 Å². The van der Waals surface area contributed by atoms with Crippen molar-refractivity contribution in [3.05, 3.63) is 90.3 Å². The molecule has 0 bridgehead atoms. The van der Waals surface area contributed by atoms with Gasteiger partial charge in [0, 0.05) is 23.7 Å². The van der Waals surface area contributed by atoms with E-state index in [2.05, 4.69) is 15.3 Å². The molecule has 8 heteroatoms. The molecule has 3 aromatic carbocycles. The van der Waals surface area contributed by atoms with Crippen LogP contribution >= 0.6 is 0 Å². The first-order valence-electron chi connectivity index (χ1n) is 10.6. The van der Waals surface area contributed by atoms with Gasteiger partial charge in [-0.05, 0) is 54.1 Å². The molecule has 0 atom stereocenters. The van der Waals surface area contributed by atoms with Crippen LogP contribution in [0.2, 0.25) is 0 Å². The van der Waals surface area contributed by atoms with Gasteiger partial charge in [0.2, 0.25) is 12.7 Å². The van der Waals surface area contributed by atoms with Gasteiger partial charge in [-0.2, -0.15) is 0 Å². The number of hydrogen-bond acceptors (Lipinski definition) is 7. The molecular formula is C26H21N3O5. The van der Waals surface area contributed by atoms with Crippen LogP contribution in [0.5, 0.6) is 28.9 Å². The topological polar surface area (TPSA) is 91.8 Å². The standard InChI is InChI=1S/C26H21N3O5/c1-31-20-7-9-21(10-8-20)34-25-13-22(28-15-29-25)18-3-5-19(6-4-18)26(30)27-14-17-2-11-23-24(12-17)33-16-32-23/h2-13,15H,14,16H2,1H3,(H,27,30). The maximum atomic E-state index is 12.6. The van der Waals surface area contributed by atoms with Crippen LogP contribution in [0, 0.1) is 0 Å². The van der Waals surface area contributed by atoms with Gasteiger partial charge in [-0.3, -0.25) is 4.79 Å². The van der Waals surface area contributed by atoms with Crippen LogP contribution < -0.4 is 24.3 Å². The van der Waals surface area contributed by atoms with Crippen LogP contribution in [0.3, 0.4) is 0 Å². The van der Waals surface area contributed by atoms with E-state index in [-0.39, 0.29) is 12.7 Å². The van der Waals surface area contributed by atoms with Crippen molar-refractivity contribution in [2.24, 2.45) is 0 Å². The molecule has 0 saturated heterocycles. The summed E-state index contributed by atoms with van der Waals surface area (Å²) in [6.45, 7) is 0.605. The van der Waals surface area contributed by atoms with Gasteiger partial charge in [0.05, 0.1) is 12.8 Å². The van der Waals surface area contributed by atoms with Gasteiger partial charge in [-0.15, -0.1) is 0 Å². The van der Waals surface area contributed by atoms with Gasteiger partial charge in [-0.1, -0.05) is 18.2 Å². The lowest BCUT2D eigenvalue weighted by Crippen LogP contribution is -2.22. The highest BCUT2D eigenvalue weighted by Crippen LogP contribution is 2.32. The highest BCUT2D eigenvalue weighted by Gasteiger charge is 2.14. The fourth-order valence-electron chi connectivity index (χ4n) is 3.45. The second-order valence-corrected chi connectivity index (χ2v) is 7.47. The largest absolute Gasteiger partial charge is 0.497 e. The number of rotatable bonds is 7. The molecule has 1 amide bonds. The second kappa shape index (κ2) is 9.50. The number of nitrogens with one attached hydrogen (secondary N) is 1. The molecule has 5 rings (SSSR count). The SMILES string of the molecule is COc1ccc(Oc2cc(-c3ccc(C(=O)NCc4ccc5c(c4)OCO5)cc3)ncn2)cc1. The third kappa shape index (κ3) is 4.75. The predicted octanol–water partition coefficient (Wildman–Crippen LogP) is 4.60. The molecule has 1 aromatic heterocycles. The Balaban J connectivity index is 1.22. The van der Waals surface area contributed by atoms with E-state index in [1.54, 1.807) is 37.4 Å². The molecule has 1 aliphatic rings. The third-order valence-corrected chi connectivity index (χ3v) is 5.26. The lowest BCUT2D eigenvalue weighted by molar-refractivity contribution is 0.0951. The minimum Gasteiger partial charge on any atom is -0.497 e. The number of aromatic nitrogens is 2. The van der Waals surface area contributed by atoms with E-state index in [0.29, 0.717) is 40.9 Å². The van der Waals surface area contributed by atoms with E-state index < -0.39 is 0 Å². The molecule has 0 radical (unpaired) electrons. The number of nitrogens with zero attached hydrogens (tertiary/aromatic N) is 2. The fraction of sp³-hybridized carbons (Fsp3) is 0.115. The highest BCUT2D eigenvalue weighted by molar-refractivity contribution is 5.94. The van der Waals surface area contributed by atoms with Gasteiger partial charge < -0.3 is 24.3 Å². The van der Waals surface area contributed by atoms with Crippen molar-refractivity contribution in [2.75, 3.05) is 13.9 Å². The number of carbonyl (C=O) groups excluding carboxylic acids is 1. The van der Waals surface area contributed by atoms with Crippen LogP contribution in [0.25, 0.3) is 11.3 Å². The molecule has 34 heavy (non-hydrogen) atoms. The molecule has 1 N–H and O–H groups in total. The van der Waals surface area contributed by atoms with E-state index in [1.165, 1.54) is 6.33 Å². The number of hydrogen-bond donors (Lipinski definition) is 1. The summed E-state index contributed by atoms with van der Waals surface area (Å²) in [6, 6.07) is 21.8. The van der Waals surface area contributed by atoms with Crippen LogP contribution in [0.1, 0.15) is 15.9 Å². The van der Waals surface area contributed by atoms with E-state index in [1.807, 2.05) is 42.5 Å². The Bertz CT molecular complexity index is 1310. The summed E-state index contributed by atoms with van der Waals surface area (Å²) in [6.07, 6.45) is 1.44. The third-order valence-electron chi connectivity index (χ3n) is 5.26. The lowest BCUT2D eigenvalue weighted by Gasteiger charge is -2.08. The van der Waals surface area contributed by atoms with E-state index >= 15 is 0 Å². The number of fused-ring (bicyclic) bond motifs is 1. The number of amides is 1. The summed E-state index contributed by atoms with van der Waals surface area (Å²) >= 11 is 0. The average Bonchev–Trinajstić information content (AvgIpc) is 3.36. The normalized spacial score (nSPS) is 11.7. The maximum Gasteiger partial charge on any atom is 0.251 e. The molecule has 0 spiro atoms. The average molecular weight is 455 g/mol. The molecule has 1 aliphatic heterocycles. The Hall–Kier alpha value is -4.59. The summed E-state index contributed by atoms with van der Waals surface area (Å²) in [5, 5.41) is 2.92. The molecule has 0 unspecified atom stereocenters. The van der Waals surface area contributed by atoms with Crippen LogP contribution in [0.4, 0.5) is 0 Å². The zero-order valence-corrected chi connectivity index (χ0v) is 18.4. The summed E-state index contributed by atoms with van der Waals surface area (Å²) in [5.74, 6) is 3.04. The maximum absolute atomic E-state index is 12.6. The molecule has 0 saturated carbocycles. The van der Waals surface area contributed by atoms with E-state index in [9.17, 15) is 4.79 Å². The first-order chi connectivity index (χ1) is 16.7.